The highest BCUT2D eigenvalue weighted by molar-refractivity contribution is 6.71. The maximum absolute atomic E-state index is 12.4. The molecule has 0 fully saturated rings. The molecule has 0 aromatic carbocycles. The van der Waals surface area contributed by atoms with E-state index in [0.29, 0.717) is 0 Å². The van der Waals surface area contributed by atoms with Gasteiger partial charge < -0.3 is 13.9 Å². The number of carbonyl (C=O) groups excluding carboxylic acids is 3. The van der Waals surface area contributed by atoms with Gasteiger partial charge in [-0.15, -0.1) is 0 Å². The summed E-state index contributed by atoms with van der Waals surface area (Å²) in [5.41, 5.74) is -0.680. The Bertz CT molecular complexity index is 438. The highest BCUT2D eigenvalue weighted by Crippen LogP contribution is 2.16. The monoisotopic (exact) mass is 347 g/mol. The van der Waals surface area contributed by atoms with E-state index in [1.54, 1.807) is 20.8 Å². The second-order valence-electron chi connectivity index (χ2n) is 7.26. The molecule has 0 aromatic heterocycles. The number of hydrogen-bond donors (Lipinski definition) is 0. The first-order valence-corrected chi connectivity index (χ1v) is 10.9. The van der Waals surface area contributed by atoms with Crippen LogP contribution in [0.5, 0.6) is 0 Å². The first-order valence-electron chi connectivity index (χ1n) is 7.52. The molecule has 0 aliphatic heterocycles. The zero-order valence-electron chi connectivity index (χ0n) is 15.4. The van der Waals surface area contributed by atoms with Gasteiger partial charge in [-0.05, 0) is 46.8 Å². The van der Waals surface area contributed by atoms with Crippen molar-refractivity contribution in [2.45, 2.75) is 64.9 Å². The van der Waals surface area contributed by atoms with Crippen molar-refractivity contribution in [1.29, 1.82) is 0 Å². The third kappa shape index (κ3) is 9.22. The second-order valence-corrected chi connectivity index (χ2v) is 11.7. The molecule has 0 spiro atoms. The minimum atomic E-state index is -2.12. The van der Waals surface area contributed by atoms with Crippen LogP contribution in [-0.4, -0.2) is 57.0 Å². The maximum atomic E-state index is 12.4. The third-order valence-electron chi connectivity index (χ3n) is 2.68. The van der Waals surface area contributed by atoms with Gasteiger partial charge in [-0.3, -0.25) is 14.5 Å². The zero-order chi connectivity index (χ0) is 18.4. The number of rotatable bonds is 6. The Balaban J connectivity index is 5.12. The molecule has 0 aliphatic rings. The van der Waals surface area contributed by atoms with Gasteiger partial charge in [-0.25, -0.2) is 4.79 Å². The lowest BCUT2D eigenvalue weighted by Gasteiger charge is -2.31. The van der Waals surface area contributed by atoms with Crippen LogP contribution in [0.4, 0.5) is 4.79 Å². The van der Waals surface area contributed by atoms with E-state index in [1.165, 1.54) is 19.1 Å². The van der Waals surface area contributed by atoms with E-state index in [9.17, 15) is 14.4 Å². The first kappa shape index (κ1) is 21.4. The van der Waals surface area contributed by atoms with Gasteiger partial charge in [0.1, 0.15) is 11.6 Å². The lowest BCUT2D eigenvalue weighted by Crippen LogP contribution is -2.48. The molecule has 8 heteroatoms. The van der Waals surface area contributed by atoms with Gasteiger partial charge in [0.15, 0.2) is 0 Å². The number of ether oxygens (including phenoxy) is 2. The largest absolute Gasteiger partial charge is 0.518 e. The number of hydrogen-bond acceptors (Lipinski definition) is 6. The van der Waals surface area contributed by atoms with Gasteiger partial charge >= 0.3 is 18.0 Å². The molecule has 134 valence electrons. The number of carbonyl (C=O) groups is 3. The zero-order valence-corrected chi connectivity index (χ0v) is 16.4. The summed E-state index contributed by atoms with van der Waals surface area (Å²) in [6, 6.07) is -0.893. The molecular weight excluding hydrogens is 318 g/mol. The number of methoxy groups -OCH3 is 1. The summed E-state index contributed by atoms with van der Waals surface area (Å²) in [6.45, 7) is 10.8. The van der Waals surface area contributed by atoms with Gasteiger partial charge in [0.25, 0.3) is 0 Å². The fraction of sp³-hybridized carbons (Fsp3) is 0.800. The van der Waals surface area contributed by atoms with Gasteiger partial charge in [0.2, 0.25) is 8.32 Å². The summed E-state index contributed by atoms with van der Waals surface area (Å²) in [5, 5.41) is 0. The Morgan fingerprint density at radius 3 is 2.04 bits per heavy atom. The van der Waals surface area contributed by atoms with E-state index in [2.05, 4.69) is 4.74 Å². The van der Waals surface area contributed by atoms with Crippen LogP contribution in [0.1, 0.15) is 33.6 Å². The molecule has 7 nitrogen and oxygen atoms in total. The second kappa shape index (κ2) is 8.33. The third-order valence-corrected chi connectivity index (χ3v) is 3.49. The molecule has 23 heavy (non-hydrogen) atoms. The van der Waals surface area contributed by atoms with Gasteiger partial charge in [-0.1, -0.05) is 0 Å². The quantitative estimate of drug-likeness (QED) is 0.542. The Labute approximate surface area is 139 Å². The highest BCUT2D eigenvalue weighted by Gasteiger charge is 2.34. The van der Waals surface area contributed by atoms with Crippen LogP contribution < -0.4 is 0 Å². The fourth-order valence-corrected chi connectivity index (χ4v) is 2.40. The summed E-state index contributed by atoms with van der Waals surface area (Å²) in [7, 11) is 0.613. The van der Waals surface area contributed by atoms with E-state index >= 15 is 0 Å². The van der Waals surface area contributed by atoms with Gasteiger partial charge in [-0.2, -0.15) is 0 Å². The smallest absolute Gasteiger partial charge is 0.410 e. The van der Waals surface area contributed by atoms with Crippen LogP contribution in [0.2, 0.25) is 19.6 Å². The van der Waals surface area contributed by atoms with Crippen molar-refractivity contribution in [3.05, 3.63) is 0 Å². The van der Waals surface area contributed by atoms with Crippen molar-refractivity contribution in [3.8, 4) is 0 Å². The number of likely N-dealkylation sites (N-methyl/N-ethyl adjacent to an activating group) is 1. The van der Waals surface area contributed by atoms with Crippen molar-refractivity contribution in [2.75, 3.05) is 14.2 Å². The maximum Gasteiger partial charge on any atom is 0.410 e. The van der Waals surface area contributed by atoms with Crippen LogP contribution in [0.25, 0.3) is 0 Å². The highest BCUT2D eigenvalue weighted by atomic mass is 28.4. The normalized spacial score (nSPS) is 13.0. The lowest BCUT2D eigenvalue weighted by atomic mass is 10.1. The predicted molar refractivity (Wildman–Crippen MR) is 88.5 cm³/mol. The van der Waals surface area contributed by atoms with Crippen LogP contribution in [0.15, 0.2) is 0 Å². The molecule has 1 amide bonds. The molecule has 0 heterocycles. The molecule has 0 saturated heterocycles. The lowest BCUT2D eigenvalue weighted by molar-refractivity contribution is -0.143. The van der Waals surface area contributed by atoms with E-state index in [4.69, 9.17) is 9.16 Å². The number of amides is 1. The molecule has 0 bridgehead atoms. The molecule has 0 aliphatic carbocycles. The minimum Gasteiger partial charge on any atom is -0.518 e. The molecule has 1 atom stereocenters. The van der Waals surface area contributed by atoms with E-state index in [0.717, 1.165) is 0 Å². The molecule has 0 rings (SSSR count). The van der Waals surface area contributed by atoms with Gasteiger partial charge in [0, 0.05) is 13.5 Å². The average Bonchev–Trinajstić information content (AvgIpc) is 2.34. The summed E-state index contributed by atoms with van der Waals surface area (Å²) < 4.78 is 15.3. The number of nitrogens with zero attached hydrogens (tertiary/aromatic N) is 1. The predicted octanol–water partition coefficient (Wildman–Crippen LogP) is 2.55. The minimum absolute atomic E-state index is 0.00903. The molecule has 0 N–H and O–H groups in total. The standard InChI is InChI=1S/C15H29NO6Si/c1-15(2,3)21-14(19)16(4)11(9-10-12(17)20-5)13(18)22-23(6,7)8/h11H,9-10H2,1-8H3/t11-/m0/s1. The summed E-state index contributed by atoms with van der Waals surface area (Å²) in [6.07, 6.45) is -0.513. The topological polar surface area (TPSA) is 82.1 Å². The Morgan fingerprint density at radius 2 is 1.65 bits per heavy atom. The summed E-state index contributed by atoms with van der Waals surface area (Å²) in [4.78, 5) is 37.1. The Hall–Kier alpha value is -1.57. The fourth-order valence-electron chi connectivity index (χ4n) is 1.66. The van der Waals surface area contributed by atoms with E-state index < -0.39 is 38.0 Å². The van der Waals surface area contributed by atoms with Crippen LogP contribution in [0, 0.1) is 0 Å². The van der Waals surface area contributed by atoms with Crippen molar-refractivity contribution in [3.63, 3.8) is 0 Å². The average molecular weight is 347 g/mol. The molecule has 0 aromatic rings. The Kier molecular flexibility index (Phi) is 7.76. The molecular formula is C15H29NO6Si. The molecule has 0 unspecified atom stereocenters. The van der Waals surface area contributed by atoms with Gasteiger partial charge in [0.05, 0.1) is 7.11 Å². The molecule has 0 saturated carbocycles. The van der Waals surface area contributed by atoms with Crippen LogP contribution >= 0.6 is 0 Å². The van der Waals surface area contributed by atoms with Crippen LogP contribution in [0.3, 0.4) is 0 Å². The first-order chi connectivity index (χ1) is 10.3. The summed E-state index contributed by atoms with van der Waals surface area (Å²) >= 11 is 0. The van der Waals surface area contributed by atoms with Crippen LogP contribution in [-0.2, 0) is 23.5 Å². The van der Waals surface area contributed by atoms with Crippen molar-refractivity contribution in [2.24, 2.45) is 0 Å². The number of esters is 1. The Morgan fingerprint density at radius 1 is 1.13 bits per heavy atom. The van der Waals surface area contributed by atoms with Crippen molar-refractivity contribution in [1.82, 2.24) is 4.90 Å². The SMILES string of the molecule is COC(=O)CC[C@@H](C(=O)O[Si](C)(C)C)N(C)C(=O)OC(C)(C)C. The van der Waals surface area contributed by atoms with E-state index in [1.807, 2.05) is 19.6 Å². The van der Waals surface area contributed by atoms with Crippen molar-refractivity contribution < 1.29 is 28.3 Å². The molecule has 0 radical (unpaired) electrons. The van der Waals surface area contributed by atoms with E-state index in [-0.39, 0.29) is 12.8 Å². The van der Waals surface area contributed by atoms with Crippen molar-refractivity contribution >= 4 is 26.3 Å². The summed E-state index contributed by atoms with van der Waals surface area (Å²) in [5.74, 6) is -0.977.